The van der Waals surface area contributed by atoms with Gasteiger partial charge in [0.2, 0.25) is 0 Å². The molecule has 0 aromatic heterocycles. The lowest BCUT2D eigenvalue weighted by molar-refractivity contribution is 0.0741. The van der Waals surface area contributed by atoms with Crippen molar-refractivity contribution < 1.29 is 18.3 Å². The first-order valence-electron chi connectivity index (χ1n) is 11.2. The van der Waals surface area contributed by atoms with E-state index >= 15 is 0 Å². The second-order valence-electron chi connectivity index (χ2n) is 8.00. The Balaban J connectivity index is 1.45. The maximum Gasteiger partial charge on any atom is 0.254 e. The van der Waals surface area contributed by atoms with Crippen LogP contribution >= 0.6 is 0 Å². The summed E-state index contributed by atoms with van der Waals surface area (Å²) in [6.07, 6.45) is 1.38. The van der Waals surface area contributed by atoms with E-state index < -0.39 is 5.82 Å². The largest absolute Gasteiger partial charge is 0.454 e. The molecule has 4 aromatic rings. The van der Waals surface area contributed by atoms with Gasteiger partial charge in [-0.05, 0) is 72.5 Å². The fraction of sp³-hybridized carbons (Fsp3) is 0.138. The molecule has 0 aliphatic rings. The highest BCUT2D eigenvalue weighted by Crippen LogP contribution is 2.25. The molecule has 5 heteroatoms. The van der Waals surface area contributed by atoms with Crippen LogP contribution in [-0.2, 0) is 13.0 Å². The molecule has 0 radical (unpaired) electrons. The van der Waals surface area contributed by atoms with Crippen LogP contribution in [0.3, 0.4) is 0 Å². The molecule has 0 heterocycles. The number of halogens is 2. The van der Waals surface area contributed by atoms with Gasteiger partial charge in [-0.2, -0.15) is 0 Å². The summed E-state index contributed by atoms with van der Waals surface area (Å²) in [5.41, 5.74) is 2.45. The van der Waals surface area contributed by atoms with Crippen LogP contribution in [0.15, 0.2) is 103 Å². The van der Waals surface area contributed by atoms with E-state index in [-0.39, 0.29) is 17.5 Å². The molecule has 0 aliphatic heterocycles. The number of hydrogen-bond donors (Lipinski definition) is 0. The molecule has 0 aliphatic carbocycles. The molecule has 1 amide bonds. The van der Waals surface area contributed by atoms with Crippen molar-refractivity contribution >= 4 is 5.91 Å². The van der Waals surface area contributed by atoms with Crippen molar-refractivity contribution in [1.29, 1.82) is 0 Å². The summed E-state index contributed by atoms with van der Waals surface area (Å²) >= 11 is 0. The average molecular weight is 458 g/mol. The SMILES string of the molecule is O=C(c1ccc(Oc2ccccc2F)cc1)N(CCCc1cccc(F)c1)Cc1ccccc1. The maximum atomic E-state index is 13.9. The standard InChI is InChI=1S/C29H25F2NO2/c30-25-12-6-10-22(20-25)11-7-19-32(21-23-8-2-1-3-9-23)29(33)24-15-17-26(18-16-24)34-28-14-5-4-13-27(28)31/h1-6,8-10,12-18,20H,7,11,19,21H2. The lowest BCUT2D eigenvalue weighted by Crippen LogP contribution is -2.31. The van der Waals surface area contributed by atoms with Gasteiger partial charge in [-0.3, -0.25) is 4.79 Å². The average Bonchev–Trinajstić information content (AvgIpc) is 2.86. The molecule has 3 nitrogen and oxygen atoms in total. The molecule has 172 valence electrons. The van der Waals surface area contributed by atoms with Gasteiger partial charge in [0.05, 0.1) is 0 Å². The van der Waals surface area contributed by atoms with Gasteiger partial charge in [0.15, 0.2) is 11.6 Å². The number of nitrogens with zero attached hydrogens (tertiary/aromatic N) is 1. The summed E-state index contributed by atoms with van der Waals surface area (Å²) in [4.78, 5) is 15.1. The number of benzene rings is 4. The number of carbonyl (C=O) groups is 1. The monoisotopic (exact) mass is 457 g/mol. The van der Waals surface area contributed by atoms with Gasteiger partial charge in [-0.1, -0.05) is 54.6 Å². The fourth-order valence-corrected chi connectivity index (χ4v) is 3.73. The zero-order chi connectivity index (χ0) is 23.8. The first kappa shape index (κ1) is 23.2. The number of para-hydroxylation sites is 1. The molecule has 0 fully saturated rings. The van der Waals surface area contributed by atoms with Crippen LogP contribution in [0.25, 0.3) is 0 Å². The third-order valence-corrected chi connectivity index (χ3v) is 5.45. The van der Waals surface area contributed by atoms with Crippen molar-refractivity contribution in [2.75, 3.05) is 6.54 Å². The highest BCUT2D eigenvalue weighted by molar-refractivity contribution is 5.94. The molecule has 0 spiro atoms. The summed E-state index contributed by atoms with van der Waals surface area (Å²) in [6, 6.07) is 29.2. The lowest BCUT2D eigenvalue weighted by Gasteiger charge is -2.23. The van der Waals surface area contributed by atoms with Crippen molar-refractivity contribution in [2.24, 2.45) is 0 Å². The summed E-state index contributed by atoms with van der Waals surface area (Å²) in [6.45, 7) is 0.994. The van der Waals surface area contributed by atoms with Gasteiger partial charge in [0, 0.05) is 18.7 Å². The van der Waals surface area contributed by atoms with Crippen LogP contribution < -0.4 is 4.74 Å². The topological polar surface area (TPSA) is 29.5 Å². The Labute approximate surface area is 198 Å². The third kappa shape index (κ3) is 6.29. The highest BCUT2D eigenvalue weighted by Gasteiger charge is 2.17. The minimum absolute atomic E-state index is 0.111. The zero-order valence-electron chi connectivity index (χ0n) is 18.7. The normalized spacial score (nSPS) is 10.6. The summed E-state index contributed by atoms with van der Waals surface area (Å²) < 4.78 is 32.9. The van der Waals surface area contributed by atoms with Crippen LogP contribution in [0, 0.1) is 11.6 Å². The van der Waals surface area contributed by atoms with Gasteiger partial charge in [0.25, 0.3) is 5.91 Å². The first-order chi connectivity index (χ1) is 16.6. The van der Waals surface area contributed by atoms with E-state index in [0.29, 0.717) is 37.2 Å². The van der Waals surface area contributed by atoms with Gasteiger partial charge >= 0.3 is 0 Å². The van der Waals surface area contributed by atoms with Crippen LogP contribution in [0.2, 0.25) is 0 Å². The van der Waals surface area contributed by atoms with Gasteiger partial charge in [0.1, 0.15) is 11.6 Å². The Morgan fingerprint density at radius 3 is 2.21 bits per heavy atom. The first-order valence-corrected chi connectivity index (χ1v) is 11.2. The van der Waals surface area contributed by atoms with E-state index in [1.807, 2.05) is 36.4 Å². The Hall–Kier alpha value is -3.99. The van der Waals surface area contributed by atoms with Crippen molar-refractivity contribution in [1.82, 2.24) is 4.90 Å². The van der Waals surface area contributed by atoms with Crippen molar-refractivity contribution in [2.45, 2.75) is 19.4 Å². The van der Waals surface area contributed by atoms with E-state index in [2.05, 4.69) is 0 Å². The van der Waals surface area contributed by atoms with Crippen LogP contribution in [0.4, 0.5) is 8.78 Å². The molecular formula is C29H25F2NO2. The number of carbonyl (C=O) groups excluding carboxylic acids is 1. The number of rotatable bonds is 9. The quantitative estimate of drug-likeness (QED) is 0.270. The molecule has 0 atom stereocenters. The van der Waals surface area contributed by atoms with Crippen molar-refractivity contribution in [3.8, 4) is 11.5 Å². The molecule has 0 bridgehead atoms. The van der Waals surface area contributed by atoms with Crippen molar-refractivity contribution in [3.05, 3.63) is 131 Å². The third-order valence-electron chi connectivity index (χ3n) is 5.45. The number of aryl methyl sites for hydroxylation is 1. The zero-order valence-corrected chi connectivity index (χ0v) is 18.7. The van der Waals surface area contributed by atoms with E-state index in [1.54, 1.807) is 53.4 Å². The Bertz CT molecular complexity index is 1230. The molecule has 4 aromatic carbocycles. The molecule has 4 rings (SSSR count). The lowest BCUT2D eigenvalue weighted by atomic mass is 10.1. The van der Waals surface area contributed by atoms with Crippen LogP contribution in [0.1, 0.15) is 27.9 Å². The second kappa shape index (κ2) is 11.2. The van der Waals surface area contributed by atoms with Gasteiger partial charge in [-0.15, -0.1) is 0 Å². The summed E-state index contributed by atoms with van der Waals surface area (Å²) in [7, 11) is 0. The molecule has 0 unspecified atom stereocenters. The van der Waals surface area contributed by atoms with E-state index in [1.165, 1.54) is 18.2 Å². The number of hydrogen-bond acceptors (Lipinski definition) is 2. The predicted molar refractivity (Wildman–Crippen MR) is 129 cm³/mol. The van der Waals surface area contributed by atoms with Crippen LogP contribution in [-0.4, -0.2) is 17.4 Å². The second-order valence-corrected chi connectivity index (χ2v) is 8.00. The fourth-order valence-electron chi connectivity index (χ4n) is 3.73. The summed E-state index contributed by atoms with van der Waals surface area (Å²) in [5.74, 6) is -0.241. The Morgan fingerprint density at radius 1 is 0.765 bits per heavy atom. The van der Waals surface area contributed by atoms with E-state index in [4.69, 9.17) is 4.74 Å². The van der Waals surface area contributed by atoms with Gasteiger partial charge < -0.3 is 9.64 Å². The Kier molecular flexibility index (Phi) is 7.66. The predicted octanol–water partition coefficient (Wildman–Crippen LogP) is 7.03. The molecule has 0 saturated heterocycles. The van der Waals surface area contributed by atoms with E-state index in [0.717, 1.165) is 11.1 Å². The van der Waals surface area contributed by atoms with Crippen molar-refractivity contribution in [3.63, 3.8) is 0 Å². The maximum absolute atomic E-state index is 13.9. The number of amides is 1. The van der Waals surface area contributed by atoms with Gasteiger partial charge in [-0.25, -0.2) is 8.78 Å². The highest BCUT2D eigenvalue weighted by atomic mass is 19.1. The minimum atomic E-state index is -0.449. The van der Waals surface area contributed by atoms with Crippen LogP contribution in [0.5, 0.6) is 11.5 Å². The molecule has 0 N–H and O–H groups in total. The summed E-state index contributed by atoms with van der Waals surface area (Å²) in [5, 5.41) is 0. The smallest absolute Gasteiger partial charge is 0.254 e. The molecular weight excluding hydrogens is 432 g/mol. The Morgan fingerprint density at radius 2 is 1.47 bits per heavy atom. The molecule has 0 saturated carbocycles. The molecule has 34 heavy (non-hydrogen) atoms. The van der Waals surface area contributed by atoms with E-state index in [9.17, 15) is 13.6 Å². The number of ether oxygens (including phenoxy) is 1. The minimum Gasteiger partial charge on any atom is -0.454 e.